The summed E-state index contributed by atoms with van der Waals surface area (Å²) in [5.74, 6) is 0. The van der Waals surface area contributed by atoms with Crippen molar-refractivity contribution < 1.29 is 1.37 Å². The first kappa shape index (κ1) is 12.4. The minimum Gasteiger partial charge on any atom is -0.221 e. The van der Waals surface area contributed by atoms with Gasteiger partial charge in [0, 0.05) is 5.56 Å². The number of imidazole rings is 1. The molecule has 0 bridgehead atoms. The molecule has 0 aliphatic heterocycles. The molecule has 0 fully saturated rings. The fourth-order valence-corrected chi connectivity index (χ4v) is 2.36. The van der Waals surface area contributed by atoms with Gasteiger partial charge in [-0.15, -0.1) is 0 Å². The molecule has 104 valence electrons. The van der Waals surface area contributed by atoms with E-state index < -0.39 is 0 Å². The summed E-state index contributed by atoms with van der Waals surface area (Å²) in [7, 11) is 0. The van der Waals surface area contributed by atoms with Crippen LogP contribution in [-0.2, 0) is 0 Å². The lowest BCUT2D eigenvalue weighted by atomic mass is 10.2. The second-order valence-electron chi connectivity index (χ2n) is 4.39. The van der Waals surface area contributed by atoms with Gasteiger partial charge in [-0.3, -0.25) is 0 Å². The number of thioether (sulfide) groups is 1. The molecule has 0 unspecified atom stereocenters. The van der Waals surface area contributed by atoms with Crippen molar-refractivity contribution in [3.05, 3.63) is 72.4 Å². The summed E-state index contributed by atoms with van der Waals surface area (Å²) < 4.78 is 9.92. The first-order valence-corrected chi connectivity index (χ1v) is 7.80. The third-order valence-corrected chi connectivity index (χ3v) is 3.58. The van der Waals surface area contributed by atoms with Gasteiger partial charge in [0.1, 0.15) is 0 Å². The van der Waals surface area contributed by atoms with Crippen molar-refractivity contribution in [2.45, 2.75) is 5.16 Å². The van der Waals surface area contributed by atoms with Gasteiger partial charge in [-0.1, -0.05) is 72.4 Å². The maximum Gasteiger partial charge on any atom is 0.189 e. The molecule has 1 heterocycles. The summed E-state index contributed by atoms with van der Waals surface area (Å²) in [6, 6.07) is 19.6. The van der Waals surface area contributed by atoms with E-state index in [9.17, 15) is 0 Å². The zero-order valence-electron chi connectivity index (χ0n) is 12.6. The number of rotatable bonds is 4. The summed E-state index contributed by atoms with van der Waals surface area (Å²) in [6.07, 6.45) is 3.97. The molecule has 0 aliphatic rings. The Labute approximate surface area is 129 Å². The molecule has 3 nitrogen and oxygen atoms in total. The minimum atomic E-state index is 0.294. The minimum absolute atomic E-state index is 0.294. The van der Waals surface area contributed by atoms with Crippen molar-refractivity contribution in [3.63, 3.8) is 0 Å². The first-order valence-electron chi connectivity index (χ1n) is 7.08. The fourth-order valence-electron chi connectivity index (χ4n) is 1.92. The Morgan fingerprint density at radius 3 is 2.43 bits per heavy atom. The SMILES string of the molecule is [2H]c1c(-c2ccccc2)nc(SC)n1/N=C/c1ccccc1. The van der Waals surface area contributed by atoms with E-state index in [1.54, 1.807) is 10.9 Å². The molecule has 1 aromatic heterocycles. The van der Waals surface area contributed by atoms with Crippen LogP contribution in [0.2, 0.25) is 0 Å². The van der Waals surface area contributed by atoms with E-state index in [-0.39, 0.29) is 0 Å². The number of hydrogen-bond donors (Lipinski definition) is 0. The lowest BCUT2D eigenvalue weighted by Crippen LogP contribution is -1.90. The highest BCUT2D eigenvalue weighted by Gasteiger charge is 2.07. The van der Waals surface area contributed by atoms with E-state index >= 15 is 0 Å². The van der Waals surface area contributed by atoms with Crippen LogP contribution in [0, 0.1) is 0 Å². The van der Waals surface area contributed by atoms with E-state index in [2.05, 4.69) is 10.1 Å². The Kier molecular flexibility index (Phi) is 3.79. The molecule has 0 radical (unpaired) electrons. The predicted molar refractivity (Wildman–Crippen MR) is 88.9 cm³/mol. The second kappa shape index (κ2) is 6.41. The monoisotopic (exact) mass is 294 g/mol. The smallest absolute Gasteiger partial charge is 0.189 e. The zero-order chi connectivity index (χ0) is 15.4. The number of benzene rings is 2. The topological polar surface area (TPSA) is 30.2 Å². The highest BCUT2D eigenvalue weighted by atomic mass is 32.2. The molecule has 0 N–H and O–H groups in total. The molecule has 2 aromatic carbocycles. The molecule has 3 aromatic rings. The van der Waals surface area contributed by atoms with Crippen molar-refractivity contribution in [1.29, 1.82) is 0 Å². The van der Waals surface area contributed by atoms with Gasteiger partial charge in [-0.05, 0) is 11.8 Å². The summed E-state index contributed by atoms with van der Waals surface area (Å²) in [5, 5.41) is 5.12. The van der Waals surface area contributed by atoms with Crippen molar-refractivity contribution in [2.24, 2.45) is 5.10 Å². The van der Waals surface area contributed by atoms with Crippen LogP contribution in [0.4, 0.5) is 0 Å². The molecule has 0 spiro atoms. The highest BCUT2D eigenvalue weighted by Crippen LogP contribution is 2.22. The molecular formula is C17H15N3S. The van der Waals surface area contributed by atoms with Gasteiger partial charge in [0.25, 0.3) is 0 Å². The summed E-state index contributed by atoms with van der Waals surface area (Å²) in [4.78, 5) is 4.54. The van der Waals surface area contributed by atoms with Gasteiger partial charge in [0.15, 0.2) is 5.16 Å². The summed E-state index contributed by atoms with van der Waals surface area (Å²) >= 11 is 1.48. The Bertz CT molecular complexity index is 782. The van der Waals surface area contributed by atoms with Crippen LogP contribution in [-0.4, -0.2) is 22.1 Å². The van der Waals surface area contributed by atoms with Crippen LogP contribution in [0.15, 0.2) is 77.1 Å². The maximum absolute atomic E-state index is 8.35. The normalized spacial score (nSPS) is 11.8. The maximum atomic E-state index is 8.35. The predicted octanol–water partition coefficient (Wildman–Crippen LogP) is 4.15. The number of hydrogen-bond acceptors (Lipinski definition) is 3. The van der Waals surface area contributed by atoms with E-state index in [4.69, 9.17) is 1.37 Å². The van der Waals surface area contributed by atoms with Crippen LogP contribution in [0.3, 0.4) is 0 Å². The van der Waals surface area contributed by atoms with E-state index in [0.717, 1.165) is 11.1 Å². The third kappa shape index (κ3) is 3.23. The molecule has 0 amide bonds. The molecule has 21 heavy (non-hydrogen) atoms. The van der Waals surface area contributed by atoms with Crippen LogP contribution in [0.5, 0.6) is 0 Å². The number of nitrogens with zero attached hydrogens (tertiary/aromatic N) is 3. The second-order valence-corrected chi connectivity index (χ2v) is 5.17. The van der Waals surface area contributed by atoms with Gasteiger partial charge in [-0.25, -0.2) is 9.66 Å². The quantitative estimate of drug-likeness (QED) is 0.534. The van der Waals surface area contributed by atoms with Crippen molar-refractivity contribution in [1.82, 2.24) is 9.66 Å². The van der Waals surface area contributed by atoms with Crippen molar-refractivity contribution in [3.8, 4) is 11.3 Å². The van der Waals surface area contributed by atoms with Gasteiger partial charge in [0.2, 0.25) is 0 Å². The van der Waals surface area contributed by atoms with Crippen molar-refractivity contribution in [2.75, 3.05) is 6.26 Å². The van der Waals surface area contributed by atoms with E-state index in [0.29, 0.717) is 17.0 Å². The molecular weight excluding hydrogens is 278 g/mol. The standard InChI is InChI=1S/C17H15N3S/c1-21-17-19-16(15-10-6-3-7-11-15)13-20(17)18-12-14-8-4-2-5-9-14/h2-13H,1H3/b18-12+/i13D. The van der Waals surface area contributed by atoms with Crippen LogP contribution < -0.4 is 0 Å². The largest absolute Gasteiger partial charge is 0.221 e. The van der Waals surface area contributed by atoms with Gasteiger partial charge < -0.3 is 0 Å². The Morgan fingerprint density at radius 1 is 1.10 bits per heavy atom. The third-order valence-electron chi connectivity index (χ3n) is 2.95. The molecule has 0 atom stereocenters. The molecule has 0 aliphatic carbocycles. The molecule has 0 saturated carbocycles. The lowest BCUT2D eigenvalue weighted by molar-refractivity contribution is 0.769. The average molecular weight is 294 g/mol. The fraction of sp³-hybridized carbons (Fsp3) is 0.0588. The Balaban J connectivity index is 2.01. The average Bonchev–Trinajstić information content (AvgIpc) is 2.90. The van der Waals surface area contributed by atoms with Gasteiger partial charge in [-0.2, -0.15) is 5.10 Å². The molecule has 3 rings (SSSR count). The van der Waals surface area contributed by atoms with Crippen molar-refractivity contribution >= 4 is 18.0 Å². The van der Waals surface area contributed by atoms with E-state index in [1.807, 2.05) is 66.9 Å². The zero-order valence-corrected chi connectivity index (χ0v) is 12.4. The number of aromatic nitrogens is 2. The van der Waals surface area contributed by atoms with Gasteiger partial charge in [0.05, 0.1) is 19.5 Å². The summed E-state index contributed by atoms with van der Waals surface area (Å²) in [5.41, 5.74) is 2.57. The van der Waals surface area contributed by atoms with Crippen LogP contribution >= 0.6 is 11.8 Å². The van der Waals surface area contributed by atoms with Gasteiger partial charge >= 0.3 is 0 Å². The Morgan fingerprint density at radius 2 is 1.76 bits per heavy atom. The molecule has 0 saturated heterocycles. The highest BCUT2D eigenvalue weighted by molar-refractivity contribution is 7.98. The lowest BCUT2D eigenvalue weighted by Gasteiger charge is -1.96. The van der Waals surface area contributed by atoms with Crippen LogP contribution in [0.1, 0.15) is 6.93 Å². The Hall–Kier alpha value is -2.33. The first-order chi connectivity index (χ1) is 10.8. The summed E-state index contributed by atoms with van der Waals surface area (Å²) in [6.45, 7) is 0. The van der Waals surface area contributed by atoms with Crippen LogP contribution in [0.25, 0.3) is 11.3 Å². The van der Waals surface area contributed by atoms with E-state index in [1.165, 1.54) is 11.8 Å². The molecule has 4 heteroatoms.